The lowest BCUT2D eigenvalue weighted by molar-refractivity contribution is -0.0145. The van der Waals surface area contributed by atoms with Crippen molar-refractivity contribution in [3.8, 4) is 11.4 Å². The molecule has 0 saturated heterocycles. The highest BCUT2D eigenvalue weighted by Gasteiger charge is 2.36. The molecule has 0 saturated carbocycles. The van der Waals surface area contributed by atoms with Crippen LogP contribution in [0.1, 0.15) is 102 Å². The molecule has 20 nitrogen and oxygen atoms in total. The van der Waals surface area contributed by atoms with Crippen molar-refractivity contribution in [2.45, 2.75) is 85.5 Å². The average molecular weight is 987 g/mol. The third-order valence-electron chi connectivity index (χ3n) is 10.8. The van der Waals surface area contributed by atoms with Crippen LogP contribution >= 0.6 is 0 Å². The largest absolute Gasteiger partial charge is 0.506 e. The average Bonchev–Trinajstić information content (AvgIpc) is 3.63. The van der Waals surface area contributed by atoms with Crippen LogP contribution in [-0.4, -0.2) is 130 Å². The number of nitrogens with one attached hydrogen (secondary N) is 2. The van der Waals surface area contributed by atoms with Gasteiger partial charge in [-0.3, -0.25) is 15.3 Å². The summed E-state index contributed by atoms with van der Waals surface area (Å²) in [6.07, 6.45) is 1.28. The second kappa shape index (κ2) is 27.4. The summed E-state index contributed by atoms with van der Waals surface area (Å²) in [5.74, 6) is -1.09. The van der Waals surface area contributed by atoms with Gasteiger partial charge in [-0.15, -0.1) is 5.11 Å². The van der Waals surface area contributed by atoms with Gasteiger partial charge in [-0.05, 0) is 113 Å². The molecule has 1 aliphatic rings. The Bertz CT molecular complexity index is 2420. The number of hydrogen-bond acceptors (Lipinski definition) is 17. The van der Waals surface area contributed by atoms with Crippen molar-refractivity contribution in [3.05, 3.63) is 94.3 Å². The predicted octanol–water partition coefficient (Wildman–Crippen LogP) is 7.04. The molecule has 1 aromatic heterocycles. The van der Waals surface area contributed by atoms with Gasteiger partial charge in [0.15, 0.2) is 12.0 Å². The van der Waals surface area contributed by atoms with Crippen molar-refractivity contribution in [2.24, 2.45) is 27.1 Å². The molecule has 0 aliphatic heterocycles. The van der Waals surface area contributed by atoms with Crippen LogP contribution in [0.2, 0.25) is 0 Å². The predicted molar refractivity (Wildman–Crippen MR) is 265 cm³/mol. The van der Waals surface area contributed by atoms with Crippen molar-refractivity contribution in [1.29, 1.82) is 0 Å². The number of primary amides is 1. The summed E-state index contributed by atoms with van der Waals surface area (Å²) in [4.78, 5) is 49.6. The number of rotatable bonds is 29. The fourth-order valence-corrected chi connectivity index (χ4v) is 7.42. The number of nitrogens with zero attached hydrogens (tertiary/aromatic N) is 4. The molecule has 386 valence electrons. The Morgan fingerprint density at radius 1 is 0.831 bits per heavy atom. The number of aromatic nitrogens is 2. The third-order valence-corrected chi connectivity index (χ3v) is 10.8. The normalized spacial score (nSPS) is 13.8. The zero-order valence-electron chi connectivity index (χ0n) is 41.8. The highest BCUT2D eigenvalue weighted by Crippen LogP contribution is 2.37. The van der Waals surface area contributed by atoms with Gasteiger partial charge >= 0.3 is 12.1 Å². The molecule has 7 N–H and O–H groups in total. The number of Topliss-reactive ketones (excluding diaryl/α,β-unsaturated/α-hetero) is 1. The fourth-order valence-electron chi connectivity index (χ4n) is 7.42. The van der Waals surface area contributed by atoms with E-state index < -0.39 is 29.8 Å². The maximum atomic E-state index is 12.9. The van der Waals surface area contributed by atoms with E-state index in [1.54, 1.807) is 69.3 Å². The number of nitrogens with two attached hydrogens (primary N) is 2. The molecule has 2 amide bonds. The lowest BCUT2D eigenvalue weighted by Crippen LogP contribution is -2.33. The number of anilines is 1. The zero-order chi connectivity index (χ0) is 51.4. The van der Waals surface area contributed by atoms with Crippen LogP contribution in [0.3, 0.4) is 0 Å². The van der Waals surface area contributed by atoms with Crippen molar-refractivity contribution < 1.29 is 57.4 Å². The first-order valence-corrected chi connectivity index (χ1v) is 23.8. The number of benzene rings is 3. The molecule has 1 heterocycles. The maximum Gasteiger partial charge on any atom is 0.407 e. The van der Waals surface area contributed by atoms with E-state index in [2.05, 4.69) is 34.7 Å². The Morgan fingerprint density at radius 3 is 2.10 bits per heavy atom. The maximum absolute atomic E-state index is 12.9. The van der Waals surface area contributed by atoms with Crippen LogP contribution in [0.4, 0.5) is 21.9 Å². The Labute approximate surface area is 415 Å². The highest BCUT2D eigenvalue weighted by molar-refractivity contribution is 6.00. The number of phenolic OH excluding ortho intramolecular Hbond substituents is 1. The number of ketones is 1. The summed E-state index contributed by atoms with van der Waals surface area (Å²) in [5.41, 5.74) is 16.7. The van der Waals surface area contributed by atoms with Gasteiger partial charge in [0.05, 0.1) is 98.9 Å². The van der Waals surface area contributed by atoms with Gasteiger partial charge in [-0.2, -0.15) is 10.2 Å². The summed E-state index contributed by atoms with van der Waals surface area (Å²) in [5, 5.41) is 29.3. The van der Waals surface area contributed by atoms with Gasteiger partial charge in [-0.1, -0.05) is 19.9 Å². The number of fused-ring (bicyclic) bond motifs is 1. The van der Waals surface area contributed by atoms with E-state index in [4.69, 9.17) is 49.7 Å². The van der Waals surface area contributed by atoms with Gasteiger partial charge in [0, 0.05) is 38.2 Å². The lowest BCUT2D eigenvalue weighted by Gasteiger charge is -2.29. The van der Waals surface area contributed by atoms with Gasteiger partial charge in [0.1, 0.15) is 17.0 Å². The van der Waals surface area contributed by atoms with Gasteiger partial charge in [-0.25, -0.2) is 14.3 Å². The molecule has 3 aromatic carbocycles. The van der Waals surface area contributed by atoms with Gasteiger partial charge in [0.2, 0.25) is 0 Å². The van der Waals surface area contributed by atoms with Crippen LogP contribution in [0.5, 0.6) is 5.75 Å². The SMILES string of the molecule is Cc1nn(-c2ccc(C(N)=O)c(NCCCOCCOCCOCCOCCOCCC(N)OC(=O)c3ccc(N=Nc4cc(CCNC(=O)OC(C)(C)C)ccc4O)cc3)c2)c2c1C(=O)CC(C)(C)C2. The fraction of sp³-hybridized carbons (Fsp3) is 0.510. The van der Waals surface area contributed by atoms with Crippen molar-refractivity contribution in [1.82, 2.24) is 15.1 Å². The third kappa shape index (κ3) is 18.8. The monoisotopic (exact) mass is 987 g/mol. The van der Waals surface area contributed by atoms with Crippen LogP contribution in [0.15, 0.2) is 70.9 Å². The summed E-state index contributed by atoms with van der Waals surface area (Å²) < 4.78 is 40.3. The molecule has 1 atom stereocenters. The summed E-state index contributed by atoms with van der Waals surface area (Å²) in [6.45, 7) is 16.2. The molecule has 0 spiro atoms. The summed E-state index contributed by atoms with van der Waals surface area (Å²) >= 11 is 0. The van der Waals surface area contributed by atoms with Crippen molar-refractivity contribution >= 4 is 40.8 Å². The number of aryl methyl sites for hydroxylation is 1. The standard InChI is InChI=1S/C51H70N8O12/c1-34-46-42(32-51(5,6)33-44(46)61)59(58-34)38-13-14-39(47(53)62)40(31-38)54-18-7-20-65-22-24-67-26-28-69-29-27-68-25-23-66-21-17-45(52)70-48(63)36-9-11-37(12-10-36)56-57-41-30-35(8-15-43(41)60)16-19-55-49(64)71-50(2,3)4/h8-15,30-31,45,54,60H,7,16-29,32-33,52H2,1-6H3,(H2,53,62)(H,55,64). The molecular formula is C51H70N8O12. The molecule has 0 radical (unpaired) electrons. The molecule has 20 heteroatoms. The van der Waals surface area contributed by atoms with E-state index in [-0.39, 0.29) is 41.2 Å². The van der Waals surface area contributed by atoms with E-state index in [0.29, 0.717) is 126 Å². The second-order valence-corrected chi connectivity index (χ2v) is 18.7. The Morgan fingerprint density at radius 2 is 1.46 bits per heavy atom. The number of phenols is 1. The quantitative estimate of drug-likeness (QED) is 0.0158. The summed E-state index contributed by atoms with van der Waals surface area (Å²) in [6, 6.07) is 16.5. The van der Waals surface area contributed by atoms with Crippen LogP contribution in [0, 0.1) is 12.3 Å². The topological polar surface area (TPSA) is 272 Å². The van der Waals surface area contributed by atoms with Crippen LogP contribution < -0.4 is 22.1 Å². The summed E-state index contributed by atoms with van der Waals surface area (Å²) in [7, 11) is 0. The van der Waals surface area contributed by atoms with E-state index in [1.807, 2.05) is 17.7 Å². The molecule has 5 rings (SSSR count). The number of alkyl carbamates (subject to hydrolysis) is 1. The first-order valence-electron chi connectivity index (χ1n) is 23.8. The van der Waals surface area contributed by atoms with Gasteiger partial charge < -0.3 is 54.6 Å². The first-order chi connectivity index (χ1) is 33.9. The molecule has 71 heavy (non-hydrogen) atoms. The molecular weight excluding hydrogens is 917 g/mol. The lowest BCUT2D eigenvalue weighted by atomic mass is 9.75. The Kier molecular flexibility index (Phi) is 21.4. The Balaban J connectivity index is 0.841. The van der Waals surface area contributed by atoms with Crippen LogP contribution in [0.25, 0.3) is 5.69 Å². The number of azo groups is 1. The molecule has 0 fully saturated rings. The smallest absolute Gasteiger partial charge is 0.407 e. The number of carbonyl (C=O) groups excluding carboxylic acids is 4. The second-order valence-electron chi connectivity index (χ2n) is 18.7. The number of amides is 2. The van der Waals surface area contributed by atoms with Crippen LogP contribution in [-0.2, 0) is 46.0 Å². The number of carbonyl (C=O) groups is 4. The highest BCUT2D eigenvalue weighted by atomic mass is 16.6. The molecule has 1 aliphatic carbocycles. The van der Waals surface area contributed by atoms with E-state index >= 15 is 0 Å². The first kappa shape index (κ1) is 55.6. The Hall–Kier alpha value is -6.29. The van der Waals surface area contributed by atoms with E-state index in [9.17, 15) is 24.3 Å². The number of esters is 1. The van der Waals surface area contributed by atoms with Crippen molar-refractivity contribution in [2.75, 3.05) is 84.5 Å². The van der Waals surface area contributed by atoms with Crippen molar-refractivity contribution in [3.63, 3.8) is 0 Å². The van der Waals surface area contributed by atoms with E-state index in [1.165, 1.54) is 6.07 Å². The van der Waals surface area contributed by atoms with Gasteiger partial charge in [0.25, 0.3) is 5.91 Å². The minimum Gasteiger partial charge on any atom is -0.506 e. The number of aromatic hydroxyl groups is 1. The molecule has 4 aromatic rings. The van der Waals surface area contributed by atoms with E-state index in [0.717, 1.165) is 16.9 Å². The molecule has 0 bridgehead atoms. The minimum absolute atomic E-state index is 0.0548. The number of hydrogen-bond donors (Lipinski definition) is 5. The number of ether oxygens (including phenoxy) is 7. The minimum atomic E-state index is -0.871. The zero-order valence-corrected chi connectivity index (χ0v) is 41.8. The molecule has 1 unspecified atom stereocenters.